The van der Waals surface area contributed by atoms with E-state index in [9.17, 15) is 0 Å². The van der Waals surface area contributed by atoms with Gasteiger partial charge < -0.3 is 9.64 Å². The Labute approximate surface area is 92.0 Å². The second-order valence-corrected chi connectivity index (χ2v) is 4.18. The number of nitrogens with zero attached hydrogens (tertiary/aromatic N) is 2. The van der Waals surface area contributed by atoms with Crippen molar-refractivity contribution in [2.45, 2.75) is 6.42 Å². The van der Waals surface area contributed by atoms with E-state index in [1.807, 2.05) is 0 Å². The molecule has 0 aromatic heterocycles. The second-order valence-electron chi connectivity index (χ2n) is 3.80. The number of alkyl halides is 1. The van der Waals surface area contributed by atoms with Gasteiger partial charge in [-0.05, 0) is 26.6 Å². The molecule has 0 N–H and O–H groups in total. The van der Waals surface area contributed by atoms with Gasteiger partial charge in [0.2, 0.25) is 0 Å². The van der Waals surface area contributed by atoms with Crippen molar-refractivity contribution in [1.29, 1.82) is 0 Å². The van der Waals surface area contributed by atoms with Crippen LogP contribution < -0.4 is 0 Å². The van der Waals surface area contributed by atoms with Crippen LogP contribution in [-0.4, -0.2) is 68.7 Å². The maximum Gasteiger partial charge on any atom is 0.0602 e. The average Bonchev–Trinajstić information content (AvgIpc) is 2.38. The Hall–Kier alpha value is 0.170. The summed E-state index contributed by atoms with van der Waals surface area (Å²) < 4.78 is 5.37. The average molecular weight is 221 g/mol. The number of likely N-dealkylation sites (N-methyl/N-ethyl adjacent to an activating group) is 1. The minimum Gasteiger partial charge on any atom is -0.379 e. The maximum atomic E-state index is 5.52. The fraction of sp³-hybridized carbons (Fsp3) is 1.00. The fourth-order valence-electron chi connectivity index (χ4n) is 1.67. The van der Waals surface area contributed by atoms with Crippen LogP contribution in [0.25, 0.3) is 0 Å². The zero-order chi connectivity index (χ0) is 10.2. The molecule has 0 saturated carbocycles. The van der Waals surface area contributed by atoms with E-state index in [0.29, 0.717) is 12.5 Å². The lowest BCUT2D eigenvalue weighted by molar-refractivity contribution is 0.116. The molecule has 84 valence electrons. The summed E-state index contributed by atoms with van der Waals surface area (Å²) >= 11 is 5.52. The van der Waals surface area contributed by atoms with Gasteiger partial charge in [-0.15, -0.1) is 11.6 Å². The van der Waals surface area contributed by atoms with Gasteiger partial charge in [0.15, 0.2) is 0 Å². The molecule has 1 fully saturated rings. The zero-order valence-electron chi connectivity index (χ0n) is 9.04. The Morgan fingerprint density at radius 1 is 1.14 bits per heavy atom. The third-order valence-corrected chi connectivity index (χ3v) is 2.74. The molecule has 1 saturated heterocycles. The Morgan fingerprint density at radius 2 is 2.00 bits per heavy atom. The Morgan fingerprint density at radius 3 is 2.79 bits per heavy atom. The molecule has 14 heavy (non-hydrogen) atoms. The molecule has 0 unspecified atom stereocenters. The maximum absolute atomic E-state index is 5.52. The number of hydrogen-bond acceptors (Lipinski definition) is 3. The van der Waals surface area contributed by atoms with Gasteiger partial charge in [-0.25, -0.2) is 0 Å². The summed E-state index contributed by atoms with van der Waals surface area (Å²) in [7, 11) is 2.19. The summed E-state index contributed by atoms with van der Waals surface area (Å²) in [6, 6.07) is 0. The van der Waals surface area contributed by atoms with Gasteiger partial charge in [-0.2, -0.15) is 0 Å². The highest BCUT2D eigenvalue weighted by Gasteiger charge is 2.10. The van der Waals surface area contributed by atoms with Crippen molar-refractivity contribution < 1.29 is 4.74 Å². The smallest absolute Gasteiger partial charge is 0.0602 e. The molecule has 0 bridgehead atoms. The van der Waals surface area contributed by atoms with E-state index < -0.39 is 0 Å². The van der Waals surface area contributed by atoms with Crippen molar-refractivity contribution in [1.82, 2.24) is 9.80 Å². The van der Waals surface area contributed by atoms with Gasteiger partial charge in [-0.1, -0.05) is 0 Å². The van der Waals surface area contributed by atoms with Gasteiger partial charge >= 0.3 is 0 Å². The summed E-state index contributed by atoms with van der Waals surface area (Å²) in [6.45, 7) is 7.31. The van der Waals surface area contributed by atoms with Gasteiger partial charge in [0.05, 0.1) is 13.2 Å². The van der Waals surface area contributed by atoms with E-state index >= 15 is 0 Å². The van der Waals surface area contributed by atoms with E-state index in [1.54, 1.807) is 0 Å². The molecule has 0 radical (unpaired) electrons. The highest BCUT2D eigenvalue weighted by molar-refractivity contribution is 6.17. The number of hydrogen-bond donors (Lipinski definition) is 0. The van der Waals surface area contributed by atoms with Gasteiger partial charge in [-0.3, -0.25) is 4.90 Å². The zero-order valence-corrected chi connectivity index (χ0v) is 9.80. The minimum atomic E-state index is 0.600. The van der Waals surface area contributed by atoms with E-state index in [1.165, 1.54) is 32.6 Å². The van der Waals surface area contributed by atoms with E-state index in [-0.39, 0.29) is 0 Å². The van der Waals surface area contributed by atoms with Crippen LogP contribution in [-0.2, 0) is 4.74 Å². The first-order valence-corrected chi connectivity index (χ1v) is 5.91. The van der Waals surface area contributed by atoms with Crippen molar-refractivity contribution in [3.8, 4) is 0 Å². The molecule has 1 rings (SSSR count). The molecule has 0 aliphatic carbocycles. The highest BCUT2D eigenvalue weighted by Crippen LogP contribution is 2.00. The number of halogens is 1. The first-order valence-electron chi connectivity index (χ1n) is 5.37. The summed E-state index contributed by atoms with van der Waals surface area (Å²) in [5.41, 5.74) is 0. The van der Waals surface area contributed by atoms with Crippen LogP contribution in [0.1, 0.15) is 6.42 Å². The lowest BCUT2D eigenvalue weighted by Gasteiger charge is -2.19. The van der Waals surface area contributed by atoms with E-state index in [4.69, 9.17) is 16.3 Å². The molecule has 0 aromatic carbocycles. The molecular formula is C10H21ClN2O. The predicted octanol–water partition coefficient (Wildman–Crippen LogP) is 0.879. The fourth-order valence-corrected chi connectivity index (χ4v) is 1.78. The predicted molar refractivity (Wildman–Crippen MR) is 60.1 cm³/mol. The molecule has 1 heterocycles. The molecule has 0 aromatic rings. The van der Waals surface area contributed by atoms with Crippen molar-refractivity contribution in [3.63, 3.8) is 0 Å². The molecule has 0 atom stereocenters. The highest BCUT2D eigenvalue weighted by atomic mass is 35.5. The standard InChI is InChI=1S/C10H21ClN2O/c1-12-4-2-5-13(7-6-12)8-10-14-9-3-11/h2-10H2,1H3. The van der Waals surface area contributed by atoms with Gasteiger partial charge in [0.25, 0.3) is 0 Å². The SMILES string of the molecule is CN1CCCN(CCOCCCl)CC1. The second kappa shape index (κ2) is 7.46. The van der Waals surface area contributed by atoms with Crippen LogP contribution in [0.3, 0.4) is 0 Å². The molecule has 1 aliphatic rings. The van der Waals surface area contributed by atoms with Crippen LogP contribution in [0, 0.1) is 0 Å². The van der Waals surface area contributed by atoms with E-state index in [0.717, 1.165) is 13.2 Å². The first kappa shape index (κ1) is 12.2. The quantitative estimate of drug-likeness (QED) is 0.506. The third kappa shape index (κ3) is 5.15. The Kier molecular flexibility index (Phi) is 6.52. The van der Waals surface area contributed by atoms with Crippen LogP contribution in [0.5, 0.6) is 0 Å². The Balaban J connectivity index is 2.05. The van der Waals surface area contributed by atoms with Gasteiger partial charge in [0, 0.05) is 25.5 Å². The molecule has 0 amide bonds. The summed E-state index contributed by atoms with van der Waals surface area (Å²) in [6.07, 6.45) is 1.27. The third-order valence-electron chi connectivity index (χ3n) is 2.59. The molecule has 4 heteroatoms. The van der Waals surface area contributed by atoms with Crippen molar-refractivity contribution >= 4 is 11.6 Å². The number of ether oxygens (including phenoxy) is 1. The normalized spacial score (nSPS) is 21.0. The summed E-state index contributed by atoms with van der Waals surface area (Å²) in [5, 5.41) is 0. The topological polar surface area (TPSA) is 15.7 Å². The molecule has 3 nitrogen and oxygen atoms in total. The molecule has 1 aliphatic heterocycles. The van der Waals surface area contributed by atoms with Crippen molar-refractivity contribution in [2.75, 3.05) is 58.9 Å². The minimum absolute atomic E-state index is 0.600. The van der Waals surface area contributed by atoms with Crippen molar-refractivity contribution in [2.24, 2.45) is 0 Å². The van der Waals surface area contributed by atoms with Crippen LogP contribution in [0.4, 0.5) is 0 Å². The van der Waals surface area contributed by atoms with Crippen LogP contribution in [0.2, 0.25) is 0 Å². The van der Waals surface area contributed by atoms with Crippen molar-refractivity contribution in [3.05, 3.63) is 0 Å². The van der Waals surface area contributed by atoms with Crippen LogP contribution >= 0.6 is 11.6 Å². The first-order chi connectivity index (χ1) is 6.83. The summed E-state index contributed by atoms with van der Waals surface area (Å²) in [4.78, 5) is 4.86. The van der Waals surface area contributed by atoms with E-state index in [2.05, 4.69) is 16.8 Å². The molecule has 0 spiro atoms. The Bertz CT molecular complexity index is 146. The lowest BCUT2D eigenvalue weighted by atomic mass is 10.4. The number of rotatable bonds is 5. The lowest BCUT2D eigenvalue weighted by Crippen LogP contribution is -2.31. The molecular weight excluding hydrogens is 200 g/mol. The summed E-state index contributed by atoms with van der Waals surface area (Å²) in [5.74, 6) is 0.600. The largest absolute Gasteiger partial charge is 0.379 e. The van der Waals surface area contributed by atoms with Crippen LogP contribution in [0.15, 0.2) is 0 Å². The monoisotopic (exact) mass is 220 g/mol. The van der Waals surface area contributed by atoms with Gasteiger partial charge in [0.1, 0.15) is 0 Å².